The second-order valence-electron chi connectivity index (χ2n) is 3.92. The average molecular weight is 198 g/mol. The number of hydrogen-bond acceptors (Lipinski definition) is 3. The summed E-state index contributed by atoms with van der Waals surface area (Å²) in [6.45, 7) is 2.29. The van der Waals surface area contributed by atoms with Crippen LogP contribution in [0.3, 0.4) is 0 Å². The van der Waals surface area contributed by atoms with Crippen LogP contribution in [0.1, 0.15) is 12.5 Å². The molecule has 1 aromatic heterocycles. The molecule has 0 unspecified atom stereocenters. The van der Waals surface area contributed by atoms with Crippen molar-refractivity contribution in [2.75, 3.05) is 13.2 Å². The van der Waals surface area contributed by atoms with Gasteiger partial charge >= 0.3 is 0 Å². The molecule has 4 nitrogen and oxygen atoms in total. The van der Waals surface area contributed by atoms with Crippen LogP contribution < -0.4 is 5.32 Å². The molecule has 0 amide bonds. The smallest absolute Gasteiger partial charge is 0.0633 e. The van der Waals surface area contributed by atoms with Crippen molar-refractivity contribution in [3.8, 4) is 0 Å². The molecule has 80 valence electrons. The van der Waals surface area contributed by atoms with Gasteiger partial charge in [0.15, 0.2) is 0 Å². The topological polar surface area (TPSA) is 57.4 Å². The highest BCUT2D eigenvalue weighted by atomic mass is 16.3. The standard InChI is InChI=1S/C10H18N2O2/c1-10(7-13,8-14)11-5-9-3-4-12(2)6-9/h3-4,6,11,13-14H,5,7-8H2,1-2H3. The number of aliphatic hydroxyl groups is 2. The van der Waals surface area contributed by atoms with Crippen LogP contribution in [0.25, 0.3) is 0 Å². The Morgan fingerprint density at radius 3 is 2.50 bits per heavy atom. The first kappa shape index (κ1) is 11.2. The molecule has 0 spiro atoms. The highest BCUT2D eigenvalue weighted by molar-refractivity contribution is 5.10. The zero-order valence-corrected chi connectivity index (χ0v) is 8.70. The zero-order chi connectivity index (χ0) is 10.6. The molecule has 1 aromatic rings. The number of aryl methyl sites for hydroxylation is 1. The normalized spacial score (nSPS) is 12.0. The molecule has 0 saturated carbocycles. The quantitative estimate of drug-likeness (QED) is 0.617. The lowest BCUT2D eigenvalue weighted by atomic mass is 10.1. The van der Waals surface area contributed by atoms with Crippen molar-refractivity contribution in [1.82, 2.24) is 9.88 Å². The van der Waals surface area contributed by atoms with Crippen LogP contribution in [0.2, 0.25) is 0 Å². The molecule has 3 N–H and O–H groups in total. The molecule has 0 aliphatic heterocycles. The fraction of sp³-hybridized carbons (Fsp3) is 0.600. The zero-order valence-electron chi connectivity index (χ0n) is 8.70. The molecule has 0 aromatic carbocycles. The summed E-state index contributed by atoms with van der Waals surface area (Å²) in [6.07, 6.45) is 3.97. The Hall–Kier alpha value is -0.840. The van der Waals surface area contributed by atoms with Gasteiger partial charge in [-0.15, -0.1) is 0 Å². The number of aromatic nitrogens is 1. The second kappa shape index (κ2) is 4.59. The van der Waals surface area contributed by atoms with Crippen LogP contribution in [-0.4, -0.2) is 33.5 Å². The van der Waals surface area contributed by atoms with E-state index in [-0.39, 0.29) is 13.2 Å². The van der Waals surface area contributed by atoms with Crippen molar-refractivity contribution >= 4 is 0 Å². The van der Waals surface area contributed by atoms with Crippen LogP contribution in [0, 0.1) is 0 Å². The summed E-state index contributed by atoms with van der Waals surface area (Å²) in [5.74, 6) is 0. The summed E-state index contributed by atoms with van der Waals surface area (Å²) < 4.78 is 1.96. The minimum absolute atomic E-state index is 0.0731. The highest BCUT2D eigenvalue weighted by Crippen LogP contribution is 2.05. The van der Waals surface area contributed by atoms with E-state index in [9.17, 15) is 0 Å². The SMILES string of the molecule is Cn1ccc(CNC(C)(CO)CO)c1. The van der Waals surface area contributed by atoms with E-state index in [4.69, 9.17) is 10.2 Å². The molecule has 0 fully saturated rings. The maximum Gasteiger partial charge on any atom is 0.0633 e. The third-order valence-corrected chi connectivity index (χ3v) is 2.31. The second-order valence-corrected chi connectivity index (χ2v) is 3.92. The van der Waals surface area contributed by atoms with Gasteiger partial charge in [-0.25, -0.2) is 0 Å². The highest BCUT2D eigenvalue weighted by Gasteiger charge is 2.20. The first-order chi connectivity index (χ1) is 6.59. The third kappa shape index (κ3) is 2.83. The molecule has 1 rings (SSSR count). The minimum atomic E-state index is -0.601. The predicted molar refractivity (Wildman–Crippen MR) is 54.8 cm³/mol. The van der Waals surface area contributed by atoms with Gasteiger partial charge in [0, 0.05) is 26.0 Å². The molecule has 14 heavy (non-hydrogen) atoms. The summed E-state index contributed by atoms with van der Waals surface area (Å²) in [5, 5.41) is 21.2. The van der Waals surface area contributed by atoms with Crippen molar-refractivity contribution in [2.45, 2.75) is 19.0 Å². The summed E-state index contributed by atoms with van der Waals surface area (Å²) >= 11 is 0. The lowest BCUT2D eigenvalue weighted by Crippen LogP contribution is -2.48. The number of hydrogen-bond donors (Lipinski definition) is 3. The van der Waals surface area contributed by atoms with Crippen molar-refractivity contribution in [2.24, 2.45) is 7.05 Å². The molecule has 0 aliphatic rings. The Balaban J connectivity index is 2.47. The fourth-order valence-electron chi connectivity index (χ4n) is 1.14. The molecular weight excluding hydrogens is 180 g/mol. The molecule has 0 aliphatic carbocycles. The average Bonchev–Trinajstić information content (AvgIpc) is 2.61. The summed E-state index contributed by atoms with van der Waals surface area (Å²) in [5.41, 5.74) is 0.538. The lowest BCUT2D eigenvalue weighted by molar-refractivity contribution is 0.103. The van der Waals surface area contributed by atoms with Gasteiger partial charge in [-0.3, -0.25) is 0 Å². The van der Waals surface area contributed by atoms with E-state index in [1.165, 1.54) is 0 Å². The monoisotopic (exact) mass is 198 g/mol. The van der Waals surface area contributed by atoms with E-state index in [1.807, 2.05) is 30.1 Å². The molecule has 0 bridgehead atoms. The van der Waals surface area contributed by atoms with E-state index < -0.39 is 5.54 Å². The van der Waals surface area contributed by atoms with Gasteiger partial charge in [0.05, 0.1) is 18.8 Å². The molecule has 0 atom stereocenters. The number of rotatable bonds is 5. The van der Waals surface area contributed by atoms with E-state index in [0.717, 1.165) is 5.56 Å². The van der Waals surface area contributed by atoms with E-state index >= 15 is 0 Å². The third-order valence-electron chi connectivity index (χ3n) is 2.31. The van der Waals surface area contributed by atoms with Gasteiger partial charge in [-0.05, 0) is 18.6 Å². The Kier molecular flexibility index (Phi) is 3.69. The van der Waals surface area contributed by atoms with Crippen LogP contribution in [0.4, 0.5) is 0 Å². The Morgan fingerprint density at radius 1 is 1.43 bits per heavy atom. The summed E-state index contributed by atoms with van der Waals surface area (Å²) in [7, 11) is 1.96. The van der Waals surface area contributed by atoms with Crippen molar-refractivity contribution in [3.05, 3.63) is 24.0 Å². The first-order valence-electron chi connectivity index (χ1n) is 4.67. The van der Waals surface area contributed by atoms with Crippen LogP contribution in [0.5, 0.6) is 0 Å². The molecule has 0 saturated heterocycles. The fourth-order valence-corrected chi connectivity index (χ4v) is 1.14. The van der Waals surface area contributed by atoms with Gasteiger partial charge in [0.1, 0.15) is 0 Å². The summed E-state index contributed by atoms with van der Waals surface area (Å²) in [6, 6.07) is 2.00. The number of nitrogens with one attached hydrogen (secondary N) is 1. The van der Waals surface area contributed by atoms with Gasteiger partial charge in [-0.2, -0.15) is 0 Å². The molecule has 1 heterocycles. The van der Waals surface area contributed by atoms with Crippen molar-refractivity contribution < 1.29 is 10.2 Å². The predicted octanol–water partition coefficient (Wildman–Crippen LogP) is -0.142. The number of nitrogens with zero attached hydrogens (tertiary/aromatic N) is 1. The number of aliphatic hydroxyl groups excluding tert-OH is 2. The van der Waals surface area contributed by atoms with Crippen LogP contribution in [0.15, 0.2) is 18.5 Å². The molecule has 4 heteroatoms. The van der Waals surface area contributed by atoms with Crippen LogP contribution in [-0.2, 0) is 13.6 Å². The molecular formula is C10H18N2O2. The van der Waals surface area contributed by atoms with E-state index in [1.54, 1.807) is 6.92 Å². The van der Waals surface area contributed by atoms with Crippen LogP contribution >= 0.6 is 0 Å². The van der Waals surface area contributed by atoms with E-state index in [2.05, 4.69) is 5.32 Å². The Labute approximate surface area is 84.2 Å². The Morgan fingerprint density at radius 2 is 2.07 bits per heavy atom. The minimum Gasteiger partial charge on any atom is -0.394 e. The van der Waals surface area contributed by atoms with Gasteiger partial charge in [0.25, 0.3) is 0 Å². The first-order valence-corrected chi connectivity index (χ1v) is 4.67. The van der Waals surface area contributed by atoms with Crippen molar-refractivity contribution in [3.63, 3.8) is 0 Å². The largest absolute Gasteiger partial charge is 0.394 e. The maximum atomic E-state index is 9.04. The van der Waals surface area contributed by atoms with Crippen molar-refractivity contribution in [1.29, 1.82) is 0 Å². The summed E-state index contributed by atoms with van der Waals surface area (Å²) in [4.78, 5) is 0. The van der Waals surface area contributed by atoms with E-state index in [0.29, 0.717) is 6.54 Å². The maximum absolute atomic E-state index is 9.04. The Bertz CT molecular complexity index is 279. The van der Waals surface area contributed by atoms with Gasteiger partial charge < -0.3 is 20.1 Å². The van der Waals surface area contributed by atoms with Gasteiger partial charge in [-0.1, -0.05) is 0 Å². The molecule has 0 radical (unpaired) electrons. The lowest BCUT2D eigenvalue weighted by Gasteiger charge is -2.25. The van der Waals surface area contributed by atoms with Gasteiger partial charge in [0.2, 0.25) is 0 Å².